The third-order valence-corrected chi connectivity index (χ3v) is 6.58. The number of rotatable bonds is 5. The fraction of sp³-hybridized carbons (Fsp3) is 0.458. The van der Waals surface area contributed by atoms with Gasteiger partial charge in [-0.15, -0.1) is 0 Å². The molecule has 2 saturated heterocycles. The van der Waals surface area contributed by atoms with Crippen LogP contribution in [0.2, 0.25) is 0 Å². The molecule has 27 heavy (non-hydrogen) atoms. The molecule has 3 nitrogen and oxygen atoms in total. The van der Waals surface area contributed by atoms with E-state index < -0.39 is 0 Å². The van der Waals surface area contributed by atoms with Gasteiger partial charge in [-0.1, -0.05) is 61.5 Å². The molecule has 4 unspecified atom stereocenters. The molecular weight excluding hydrogens is 334 g/mol. The van der Waals surface area contributed by atoms with E-state index in [1.165, 1.54) is 17.5 Å². The number of nitrogens with zero attached hydrogens (tertiary/aromatic N) is 1. The second-order valence-corrected chi connectivity index (χ2v) is 8.02. The van der Waals surface area contributed by atoms with Crippen LogP contribution in [0.15, 0.2) is 54.6 Å². The minimum absolute atomic E-state index is 0.0411. The van der Waals surface area contributed by atoms with Crippen LogP contribution in [0, 0.1) is 5.92 Å². The maximum absolute atomic E-state index is 13.2. The first-order chi connectivity index (χ1) is 13.2. The summed E-state index contributed by atoms with van der Waals surface area (Å²) in [4.78, 5) is 15.6. The number of benzene rings is 2. The van der Waals surface area contributed by atoms with Gasteiger partial charge in [0.2, 0.25) is 0 Å². The Morgan fingerprint density at radius 2 is 1.78 bits per heavy atom. The van der Waals surface area contributed by atoms with Crippen LogP contribution in [0.3, 0.4) is 0 Å². The lowest BCUT2D eigenvalue weighted by molar-refractivity contribution is -0.154. The van der Waals surface area contributed by atoms with Crippen molar-refractivity contribution in [2.24, 2.45) is 5.92 Å². The molecule has 0 aromatic heterocycles. The molecule has 3 heteroatoms. The van der Waals surface area contributed by atoms with Crippen molar-refractivity contribution in [3.05, 3.63) is 71.3 Å². The molecule has 0 spiro atoms. The topological polar surface area (TPSA) is 29.5 Å². The summed E-state index contributed by atoms with van der Waals surface area (Å²) in [5.41, 5.74) is 3.68. The number of aryl methyl sites for hydroxylation is 1. The van der Waals surface area contributed by atoms with E-state index in [0.717, 1.165) is 24.8 Å². The number of ether oxygens (including phenoxy) is 1. The van der Waals surface area contributed by atoms with Crippen molar-refractivity contribution in [2.45, 2.75) is 57.2 Å². The number of carbonyl (C=O) groups is 1. The van der Waals surface area contributed by atoms with E-state index in [9.17, 15) is 4.79 Å². The minimum atomic E-state index is -0.0788. The van der Waals surface area contributed by atoms with Gasteiger partial charge in [-0.2, -0.15) is 0 Å². The lowest BCUT2D eigenvalue weighted by Gasteiger charge is -2.42. The Morgan fingerprint density at radius 1 is 1.04 bits per heavy atom. The molecule has 0 aliphatic carbocycles. The summed E-state index contributed by atoms with van der Waals surface area (Å²) < 4.78 is 5.80. The number of hydrogen-bond acceptors (Lipinski definition) is 3. The lowest BCUT2D eigenvalue weighted by atomic mass is 9.76. The van der Waals surface area contributed by atoms with Crippen LogP contribution >= 0.6 is 0 Å². The number of carbonyl (C=O) groups excluding carboxylic acids is 1. The highest BCUT2D eigenvalue weighted by Crippen LogP contribution is 2.46. The van der Waals surface area contributed by atoms with Crippen molar-refractivity contribution in [3.8, 4) is 0 Å². The normalized spacial score (nSPS) is 27.5. The Kier molecular flexibility index (Phi) is 5.31. The van der Waals surface area contributed by atoms with Gasteiger partial charge in [-0.05, 0) is 49.4 Å². The minimum Gasteiger partial charge on any atom is -0.461 e. The van der Waals surface area contributed by atoms with Crippen molar-refractivity contribution < 1.29 is 9.53 Å². The van der Waals surface area contributed by atoms with E-state index in [4.69, 9.17) is 4.74 Å². The number of esters is 1. The molecular formula is C24H29NO2. The Morgan fingerprint density at radius 3 is 2.48 bits per heavy atom. The maximum atomic E-state index is 13.2. The zero-order chi connectivity index (χ0) is 18.8. The summed E-state index contributed by atoms with van der Waals surface area (Å²) in [6.45, 7) is 2.53. The average Bonchev–Trinajstić information content (AvgIpc) is 2.95. The second-order valence-electron chi connectivity index (χ2n) is 8.02. The van der Waals surface area contributed by atoms with Gasteiger partial charge in [-0.3, -0.25) is 9.69 Å². The van der Waals surface area contributed by atoms with Gasteiger partial charge in [0.25, 0.3) is 0 Å². The van der Waals surface area contributed by atoms with Crippen molar-refractivity contribution in [1.82, 2.24) is 4.90 Å². The van der Waals surface area contributed by atoms with E-state index in [-0.39, 0.29) is 17.8 Å². The van der Waals surface area contributed by atoms with Crippen LogP contribution < -0.4 is 0 Å². The summed E-state index contributed by atoms with van der Waals surface area (Å²) in [6, 6.07) is 19.7. The molecule has 2 aromatic carbocycles. The molecule has 2 aliphatic heterocycles. The first-order valence-corrected chi connectivity index (χ1v) is 10.2. The third-order valence-electron chi connectivity index (χ3n) is 6.58. The monoisotopic (exact) mass is 363 g/mol. The van der Waals surface area contributed by atoms with Crippen LogP contribution in [-0.4, -0.2) is 30.0 Å². The highest BCUT2D eigenvalue weighted by atomic mass is 16.5. The summed E-state index contributed by atoms with van der Waals surface area (Å²) in [5, 5.41) is 0. The van der Waals surface area contributed by atoms with Gasteiger partial charge in [0, 0.05) is 18.0 Å². The lowest BCUT2D eigenvalue weighted by Crippen LogP contribution is -2.49. The fourth-order valence-corrected chi connectivity index (χ4v) is 4.96. The Labute approximate surface area is 162 Å². The highest BCUT2D eigenvalue weighted by molar-refractivity contribution is 5.75. The molecule has 0 amide bonds. The van der Waals surface area contributed by atoms with Gasteiger partial charge in [0.05, 0.1) is 5.92 Å². The van der Waals surface area contributed by atoms with Gasteiger partial charge in [-0.25, -0.2) is 0 Å². The molecule has 2 aromatic rings. The molecule has 0 radical (unpaired) electrons. The number of piperidine rings is 1. The predicted octanol–water partition coefficient (Wildman–Crippen LogP) is 4.56. The van der Waals surface area contributed by atoms with Gasteiger partial charge in [0.15, 0.2) is 0 Å². The van der Waals surface area contributed by atoms with E-state index >= 15 is 0 Å². The first-order valence-electron chi connectivity index (χ1n) is 10.2. The van der Waals surface area contributed by atoms with E-state index in [2.05, 4.69) is 43.1 Å². The zero-order valence-corrected chi connectivity index (χ0v) is 16.3. The quantitative estimate of drug-likeness (QED) is 0.730. The highest BCUT2D eigenvalue weighted by Gasteiger charge is 2.49. The predicted molar refractivity (Wildman–Crippen MR) is 107 cm³/mol. The zero-order valence-electron chi connectivity index (χ0n) is 16.3. The largest absolute Gasteiger partial charge is 0.461 e. The Bertz CT molecular complexity index is 771. The SMILES string of the molecule is CCc1ccc(C2CC3CCC(C2C(=O)OCc2ccccc2)N3C)cc1. The molecule has 2 bridgehead atoms. The maximum Gasteiger partial charge on any atom is 0.311 e. The van der Waals surface area contributed by atoms with E-state index in [1.807, 2.05) is 30.3 Å². The van der Waals surface area contributed by atoms with E-state index in [1.54, 1.807) is 0 Å². The van der Waals surface area contributed by atoms with Crippen LogP contribution in [0.5, 0.6) is 0 Å². The fourth-order valence-electron chi connectivity index (χ4n) is 4.96. The van der Waals surface area contributed by atoms with Gasteiger partial charge in [0.1, 0.15) is 6.61 Å². The number of fused-ring (bicyclic) bond motifs is 2. The first kappa shape index (κ1) is 18.2. The standard InChI is InChI=1S/C24H29NO2/c1-3-17-9-11-19(12-10-17)21-15-20-13-14-22(25(20)2)23(21)24(26)27-16-18-7-5-4-6-8-18/h4-12,20-23H,3,13-16H2,1-2H3. The average molecular weight is 364 g/mol. The van der Waals surface area contributed by atoms with Crippen molar-refractivity contribution in [2.75, 3.05) is 7.05 Å². The summed E-state index contributed by atoms with van der Waals surface area (Å²) in [6.07, 6.45) is 4.37. The molecule has 2 aliphatic rings. The molecule has 4 rings (SSSR count). The van der Waals surface area contributed by atoms with Crippen LogP contribution in [0.4, 0.5) is 0 Å². The molecule has 4 atom stereocenters. The van der Waals surface area contributed by atoms with Crippen LogP contribution in [-0.2, 0) is 22.6 Å². The van der Waals surface area contributed by atoms with Gasteiger partial charge < -0.3 is 4.74 Å². The molecule has 0 N–H and O–H groups in total. The smallest absolute Gasteiger partial charge is 0.311 e. The van der Waals surface area contributed by atoms with E-state index in [0.29, 0.717) is 18.7 Å². The summed E-state index contributed by atoms with van der Waals surface area (Å²) in [5.74, 6) is 0.137. The van der Waals surface area contributed by atoms with Crippen LogP contribution in [0.25, 0.3) is 0 Å². The molecule has 0 saturated carbocycles. The summed E-state index contributed by atoms with van der Waals surface area (Å²) in [7, 11) is 2.18. The van der Waals surface area contributed by atoms with Crippen molar-refractivity contribution in [3.63, 3.8) is 0 Å². The second kappa shape index (κ2) is 7.85. The van der Waals surface area contributed by atoms with Crippen LogP contribution in [0.1, 0.15) is 48.8 Å². The Balaban J connectivity index is 1.56. The van der Waals surface area contributed by atoms with Crippen molar-refractivity contribution >= 4 is 5.97 Å². The summed E-state index contributed by atoms with van der Waals surface area (Å²) >= 11 is 0. The van der Waals surface area contributed by atoms with Gasteiger partial charge >= 0.3 is 5.97 Å². The third kappa shape index (κ3) is 3.66. The van der Waals surface area contributed by atoms with Crippen molar-refractivity contribution in [1.29, 1.82) is 0 Å². The molecule has 142 valence electrons. The Hall–Kier alpha value is -2.13. The molecule has 2 heterocycles. The molecule has 2 fully saturated rings. The number of hydrogen-bond donors (Lipinski definition) is 0.